The SMILES string of the molecule is c1ccc(-c2ccc(N(c3ccc4c(c3)C3(c5ccccc5-4)c4ccc5ccccc5c4Oc4c3ccc3ccccc43)c3cccc4c3-c3ccccc3C43c4ccccc4-c4ccccc43)cc2)cc1. The second kappa shape index (κ2) is 14.6. The lowest BCUT2D eigenvalue weighted by Gasteiger charge is -2.40. The van der Waals surface area contributed by atoms with E-state index in [2.05, 4.69) is 266 Å². The van der Waals surface area contributed by atoms with Crippen molar-refractivity contribution in [3.63, 3.8) is 0 Å². The van der Waals surface area contributed by atoms with Gasteiger partial charge in [0, 0.05) is 38.8 Å². The van der Waals surface area contributed by atoms with Crippen molar-refractivity contribution in [1.82, 2.24) is 0 Å². The lowest BCUT2D eigenvalue weighted by atomic mass is 9.65. The van der Waals surface area contributed by atoms with E-state index in [0.717, 1.165) is 61.2 Å². The third-order valence-corrected chi connectivity index (χ3v) is 16.5. The Labute approximate surface area is 418 Å². The Hall–Kier alpha value is -9.24. The van der Waals surface area contributed by atoms with E-state index >= 15 is 0 Å². The summed E-state index contributed by atoms with van der Waals surface area (Å²) < 4.78 is 7.35. The van der Waals surface area contributed by atoms with Crippen molar-refractivity contribution >= 4 is 38.6 Å². The van der Waals surface area contributed by atoms with Gasteiger partial charge in [-0.1, -0.05) is 231 Å². The van der Waals surface area contributed by atoms with Gasteiger partial charge in [-0.15, -0.1) is 0 Å². The number of hydrogen-bond donors (Lipinski definition) is 0. The van der Waals surface area contributed by atoms with Crippen LogP contribution in [0.3, 0.4) is 0 Å². The van der Waals surface area contributed by atoms with Crippen molar-refractivity contribution < 1.29 is 4.74 Å². The normalized spacial score (nSPS) is 14.2. The van der Waals surface area contributed by atoms with Gasteiger partial charge in [0.1, 0.15) is 11.5 Å². The molecule has 3 aliphatic carbocycles. The highest BCUT2D eigenvalue weighted by Crippen LogP contribution is 2.67. The van der Waals surface area contributed by atoms with Gasteiger partial charge in [-0.2, -0.15) is 0 Å². The maximum absolute atomic E-state index is 7.35. The standard InChI is InChI=1S/C70H43NO/c1-2-17-44(18-3-1)45-33-37-48(38-34-45)71(65-32-16-31-61-66(65)56-26-11-15-30-60(56)69(61)57-27-12-8-23-52(57)53-24-9-13-28-58(53)69)49-39-40-55-54-25-10-14-29-59(54)70(64(55)43-49)62-41-35-46-19-4-6-21-50(46)67(62)72-68-51-22-7-5-20-47(51)36-42-63(68)70/h1-43H. The van der Waals surface area contributed by atoms with Crippen LogP contribution in [0.1, 0.15) is 44.5 Å². The summed E-state index contributed by atoms with van der Waals surface area (Å²) in [4.78, 5) is 2.54. The second-order valence-electron chi connectivity index (χ2n) is 19.8. The molecule has 1 heterocycles. The van der Waals surface area contributed by atoms with Crippen molar-refractivity contribution in [2.45, 2.75) is 10.8 Å². The van der Waals surface area contributed by atoms with Gasteiger partial charge in [-0.05, 0) is 113 Å². The molecule has 0 N–H and O–H groups in total. The molecular weight excluding hydrogens is 871 g/mol. The summed E-state index contributed by atoms with van der Waals surface area (Å²) in [6, 6.07) is 97.2. The number of fused-ring (bicyclic) bond motifs is 23. The molecule has 0 saturated heterocycles. The number of hydrogen-bond acceptors (Lipinski definition) is 2. The van der Waals surface area contributed by atoms with E-state index < -0.39 is 10.8 Å². The average molecular weight is 914 g/mol. The number of benzene rings is 12. The van der Waals surface area contributed by atoms with Gasteiger partial charge in [-0.25, -0.2) is 0 Å². The highest BCUT2D eigenvalue weighted by Gasteiger charge is 2.54. The van der Waals surface area contributed by atoms with Gasteiger partial charge in [-0.3, -0.25) is 0 Å². The zero-order valence-electron chi connectivity index (χ0n) is 39.2. The number of ether oxygens (including phenoxy) is 1. The lowest BCUT2D eigenvalue weighted by molar-refractivity contribution is 0.447. The van der Waals surface area contributed by atoms with Crippen LogP contribution in [0.4, 0.5) is 17.1 Å². The number of nitrogens with zero attached hydrogens (tertiary/aromatic N) is 1. The predicted octanol–water partition coefficient (Wildman–Crippen LogP) is 17.9. The Morgan fingerprint density at radius 1 is 0.278 bits per heavy atom. The van der Waals surface area contributed by atoms with Gasteiger partial charge < -0.3 is 9.64 Å². The summed E-state index contributed by atoms with van der Waals surface area (Å²) in [7, 11) is 0. The molecule has 0 saturated carbocycles. The van der Waals surface area contributed by atoms with E-state index in [4.69, 9.17) is 4.74 Å². The molecule has 0 aromatic heterocycles. The van der Waals surface area contributed by atoms with Crippen LogP contribution in [0.15, 0.2) is 261 Å². The zero-order valence-corrected chi connectivity index (χ0v) is 39.2. The van der Waals surface area contributed by atoms with Crippen LogP contribution in [0.25, 0.3) is 66.1 Å². The van der Waals surface area contributed by atoms with Crippen LogP contribution >= 0.6 is 0 Å². The molecule has 0 fully saturated rings. The molecule has 0 amide bonds. The average Bonchev–Trinajstić information content (AvgIpc) is 4.05. The third-order valence-electron chi connectivity index (χ3n) is 16.5. The smallest absolute Gasteiger partial charge is 0.140 e. The first-order valence-corrected chi connectivity index (χ1v) is 25.1. The summed E-state index contributed by atoms with van der Waals surface area (Å²) in [6.45, 7) is 0. The highest BCUT2D eigenvalue weighted by atomic mass is 16.5. The van der Waals surface area contributed by atoms with E-state index in [0.29, 0.717) is 0 Å². The van der Waals surface area contributed by atoms with Crippen LogP contribution in [0, 0.1) is 0 Å². The molecule has 2 spiro atoms. The van der Waals surface area contributed by atoms with Gasteiger partial charge >= 0.3 is 0 Å². The molecule has 16 rings (SSSR count). The molecule has 0 bridgehead atoms. The van der Waals surface area contributed by atoms with E-state index in [9.17, 15) is 0 Å². The van der Waals surface area contributed by atoms with Gasteiger partial charge in [0.2, 0.25) is 0 Å². The molecule has 0 radical (unpaired) electrons. The Morgan fingerprint density at radius 3 is 1.32 bits per heavy atom. The molecule has 4 aliphatic rings. The van der Waals surface area contributed by atoms with Crippen LogP contribution in [0.5, 0.6) is 11.5 Å². The molecular formula is C70H43NO. The first-order chi connectivity index (χ1) is 35.7. The lowest BCUT2D eigenvalue weighted by Crippen LogP contribution is -2.32. The van der Waals surface area contributed by atoms with E-state index in [1.807, 2.05) is 0 Å². The van der Waals surface area contributed by atoms with Crippen LogP contribution in [-0.4, -0.2) is 0 Å². The summed E-state index contributed by atoms with van der Waals surface area (Å²) in [5.41, 5.74) is 22.2. The fourth-order valence-corrected chi connectivity index (χ4v) is 13.7. The minimum absolute atomic E-state index is 0.483. The molecule has 334 valence electrons. The largest absolute Gasteiger partial charge is 0.455 e. The molecule has 72 heavy (non-hydrogen) atoms. The molecule has 0 atom stereocenters. The quantitative estimate of drug-likeness (QED) is 0.174. The molecule has 2 nitrogen and oxygen atoms in total. The van der Waals surface area contributed by atoms with E-state index in [-0.39, 0.29) is 0 Å². The zero-order chi connectivity index (χ0) is 47.1. The van der Waals surface area contributed by atoms with Crippen LogP contribution < -0.4 is 9.64 Å². The molecule has 12 aromatic rings. The Morgan fingerprint density at radius 2 is 0.722 bits per heavy atom. The molecule has 0 unspecified atom stereocenters. The van der Waals surface area contributed by atoms with Gasteiger partial charge in [0.15, 0.2) is 0 Å². The third kappa shape index (κ3) is 5.03. The van der Waals surface area contributed by atoms with Gasteiger partial charge in [0.05, 0.1) is 16.5 Å². The molecule has 12 aromatic carbocycles. The molecule has 2 heteroatoms. The van der Waals surface area contributed by atoms with Crippen molar-refractivity contribution in [2.24, 2.45) is 0 Å². The minimum Gasteiger partial charge on any atom is -0.455 e. The van der Waals surface area contributed by atoms with E-state index in [1.165, 1.54) is 77.9 Å². The maximum atomic E-state index is 7.35. The summed E-state index contributed by atoms with van der Waals surface area (Å²) in [6.07, 6.45) is 0. The minimum atomic E-state index is -0.700. The monoisotopic (exact) mass is 913 g/mol. The number of rotatable bonds is 4. The van der Waals surface area contributed by atoms with E-state index in [1.54, 1.807) is 0 Å². The van der Waals surface area contributed by atoms with Crippen molar-refractivity contribution in [3.05, 3.63) is 305 Å². The fourth-order valence-electron chi connectivity index (χ4n) is 13.7. The Kier molecular flexibility index (Phi) is 8.05. The summed E-state index contributed by atoms with van der Waals surface area (Å²) in [5.74, 6) is 1.83. The van der Waals surface area contributed by atoms with Crippen LogP contribution in [0.2, 0.25) is 0 Å². The topological polar surface area (TPSA) is 12.5 Å². The summed E-state index contributed by atoms with van der Waals surface area (Å²) >= 11 is 0. The summed E-state index contributed by atoms with van der Waals surface area (Å²) in [5, 5.41) is 4.53. The Balaban J connectivity index is 1.00. The molecule has 1 aliphatic heterocycles. The second-order valence-corrected chi connectivity index (χ2v) is 19.8. The highest BCUT2D eigenvalue weighted by molar-refractivity contribution is 6.03. The van der Waals surface area contributed by atoms with Crippen molar-refractivity contribution in [3.8, 4) is 56.0 Å². The first kappa shape index (κ1) is 39.6. The predicted molar refractivity (Wildman–Crippen MR) is 295 cm³/mol. The maximum Gasteiger partial charge on any atom is 0.140 e. The number of anilines is 3. The van der Waals surface area contributed by atoms with Crippen LogP contribution in [-0.2, 0) is 10.8 Å². The first-order valence-electron chi connectivity index (χ1n) is 25.1. The fraction of sp³-hybridized carbons (Fsp3) is 0.0286. The van der Waals surface area contributed by atoms with Crippen molar-refractivity contribution in [2.75, 3.05) is 4.90 Å². The van der Waals surface area contributed by atoms with Crippen molar-refractivity contribution in [1.29, 1.82) is 0 Å². The van der Waals surface area contributed by atoms with Gasteiger partial charge in [0.25, 0.3) is 0 Å². The Bertz CT molecular complexity index is 4130.